The van der Waals surface area contributed by atoms with Gasteiger partial charge in [0.1, 0.15) is 12.7 Å². The van der Waals surface area contributed by atoms with Gasteiger partial charge in [-0.25, -0.2) is 9.18 Å². The Bertz CT molecular complexity index is 468. The zero-order valence-corrected chi connectivity index (χ0v) is 12.9. The van der Waals surface area contributed by atoms with Gasteiger partial charge >= 0.3 is 6.03 Å². The molecule has 0 heterocycles. The van der Waals surface area contributed by atoms with E-state index in [1.54, 1.807) is 18.7 Å². The van der Waals surface area contributed by atoms with Crippen LogP contribution in [0.25, 0.3) is 0 Å². The molecule has 0 bridgehead atoms. The second-order valence-electron chi connectivity index (χ2n) is 4.38. The van der Waals surface area contributed by atoms with E-state index in [-0.39, 0.29) is 6.54 Å². The molecule has 5 nitrogen and oxygen atoms in total. The number of benzene rings is 1. The number of carbonyl (C=O) groups is 2. The van der Waals surface area contributed by atoms with E-state index in [2.05, 4.69) is 16.0 Å². The van der Waals surface area contributed by atoms with Crippen molar-refractivity contribution < 1.29 is 14.0 Å². The third kappa shape index (κ3) is 6.48. The molecule has 0 aliphatic heterocycles. The molecule has 0 aliphatic carbocycles. The maximum absolute atomic E-state index is 11.9. The van der Waals surface area contributed by atoms with E-state index in [0.29, 0.717) is 6.54 Å². The molecule has 1 aromatic rings. The molecule has 0 aromatic heterocycles. The third-order valence-corrected chi connectivity index (χ3v) is 3.49. The predicted molar refractivity (Wildman–Crippen MR) is 82.0 cm³/mol. The molecule has 3 N–H and O–H groups in total. The highest BCUT2D eigenvalue weighted by Crippen LogP contribution is 2.14. The second kappa shape index (κ2) is 9.23. The Morgan fingerprint density at radius 1 is 1.24 bits per heavy atom. The number of amides is 3. The van der Waals surface area contributed by atoms with Gasteiger partial charge < -0.3 is 16.0 Å². The SMILES string of the molecule is CSc1ccc(CNC(=O)N[C@H](C)C(=O)NCCF)cc1. The summed E-state index contributed by atoms with van der Waals surface area (Å²) in [7, 11) is 0. The minimum absolute atomic E-state index is 0.0474. The van der Waals surface area contributed by atoms with E-state index >= 15 is 0 Å². The number of hydrogen-bond acceptors (Lipinski definition) is 3. The third-order valence-electron chi connectivity index (χ3n) is 2.75. The van der Waals surface area contributed by atoms with Gasteiger partial charge in [-0.15, -0.1) is 11.8 Å². The Morgan fingerprint density at radius 3 is 2.48 bits per heavy atom. The van der Waals surface area contributed by atoms with Gasteiger partial charge in [0.15, 0.2) is 0 Å². The number of thioether (sulfide) groups is 1. The predicted octanol–water partition coefficient (Wildman–Crippen LogP) is 1.68. The lowest BCUT2D eigenvalue weighted by molar-refractivity contribution is -0.122. The molecule has 0 radical (unpaired) electrons. The van der Waals surface area contributed by atoms with E-state index in [9.17, 15) is 14.0 Å². The summed E-state index contributed by atoms with van der Waals surface area (Å²) in [5, 5.41) is 7.53. The van der Waals surface area contributed by atoms with Crippen molar-refractivity contribution in [2.24, 2.45) is 0 Å². The summed E-state index contributed by atoms with van der Waals surface area (Å²) >= 11 is 1.65. The quantitative estimate of drug-likeness (QED) is 0.671. The molecule has 116 valence electrons. The van der Waals surface area contributed by atoms with Gasteiger partial charge in [-0.2, -0.15) is 0 Å². The number of rotatable bonds is 7. The van der Waals surface area contributed by atoms with Crippen molar-refractivity contribution in [3.8, 4) is 0 Å². The smallest absolute Gasteiger partial charge is 0.315 e. The Kier molecular flexibility index (Phi) is 7.60. The number of nitrogens with one attached hydrogen (secondary N) is 3. The first kappa shape index (κ1) is 17.3. The van der Waals surface area contributed by atoms with Gasteiger partial charge in [0, 0.05) is 18.0 Å². The van der Waals surface area contributed by atoms with Crippen LogP contribution in [0.3, 0.4) is 0 Å². The zero-order valence-electron chi connectivity index (χ0n) is 12.1. The molecule has 0 saturated carbocycles. The summed E-state index contributed by atoms with van der Waals surface area (Å²) in [6.07, 6.45) is 2.00. The molecule has 1 rings (SSSR count). The topological polar surface area (TPSA) is 70.2 Å². The van der Waals surface area contributed by atoms with E-state index in [4.69, 9.17) is 0 Å². The molecule has 1 atom stereocenters. The fourth-order valence-electron chi connectivity index (χ4n) is 1.56. The van der Waals surface area contributed by atoms with Gasteiger partial charge in [0.2, 0.25) is 5.91 Å². The van der Waals surface area contributed by atoms with Crippen LogP contribution in [0.2, 0.25) is 0 Å². The molecule has 3 amide bonds. The zero-order chi connectivity index (χ0) is 15.7. The summed E-state index contributed by atoms with van der Waals surface area (Å²) in [6, 6.07) is 6.67. The highest BCUT2D eigenvalue weighted by Gasteiger charge is 2.14. The standard InChI is InChI=1S/C14H20FN3O2S/c1-10(13(19)16-8-7-15)18-14(20)17-9-11-3-5-12(21-2)6-4-11/h3-6,10H,7-9H2,1-2H3,(H,16,19)(H2,17,18,20)/t10-/m1/s1. The lowest BCUT2D eigenvalue weighted by Crippen LogP contribution is -2.48. The van der Waals surface area contributed by atoms with Crippen LogP contribution in [-0.4, -0.2) is 37.5 Å². The van der Waals surface area contributed by atoms with E-state index in [1.807, 2.05) is 30.5 Å². The average molecular weight is 313 g/mol. The second-order valence-corrected chi connectivity index (χ2v) is 5.26. The van der Waals surface area contributed by atoms with Crippen LogP contribution in [0, 0.1) is 0 Å². The Hall–Kier alpha value is -1.76. The van der Waals surface area contributed by atoms with Gasteiger partial charge in [0.25, 0.3) is 0 Å². The molecule has 7 heteroatoms. The van der Waals surface area contributed by atoms with Crippen LogP contribution in [0.5, 0.6) is 0 Å². The van der Waals surface area contributed by atoms with Crippen molar-refractivity contribution in [1.82, 2.24) is 16.0 Å². The van der Waals surface area contributed by atoms with E-state index in [0.717, 1.165) is 10.5 Å². The summed E-state index contributed by atoms with van der Waals surface area (Å²) in [4.78, 5) is 24.3. The molecule has 0 spiro atoms. The molecule has 0 aliphatic rings. The largest absolute Gasteiger partial charge is 0.352 e. The maximum Gasteiger partial charge on any atom is 0.315 e. The molecule has 0 unspecified atom stereocenters. The van der Waals surface area contributed by atoms with Crippen molar-refractivity contribution in [2.45, 2.75) is 24.4 Å². The van der Waals surface area contributed by atoms with Crippen LogP contribution in [0.1, 0.15) is 12.5 Å². The van der Waals surface area contributed by atoms with Crippen molar-refractivity contribution in [3.05, 3.63) is 29.8 Å². The van der Waals surface area contributed by atoms with Crippen molar-refractivity contribution in [2.75, 3.05) is 19.5 Å². The van der Waals surface area contributed by atoms with Crippen molar-refractivity contribution >= 4 is 23.7 Å². The molecular formula is C14H20FN3O2S. The van der Waals surface area contributed by atoms with E-state index in [1.165, 1.54) is 0 Å². The summed E-state index contributed by atoms with van der Waals surface area (Å²) in [6.45, 7) is 1.24. The molecule has 1 aromatic carbocycles. The molecular weight excluding hydrogens is 293 g/mol. The van der Waals surface area contributed by atoms with Crippen LogP contribution < -0.4 is 16.0 Å². The Morgan fingerprint density at radius 2 is 1.90 bits per heavy atom. The fourth-order valence-corrected chi connectivity index (χ4v) is 1.97. The van der Waals surface area contributed by atoms with Crippen molar-refractivity contribution in [1.29, 1.82) is 0 Å². The van der Waals surface area contributed by atoms with Crippen LogP contribution >= 0.6 is 11.8 Å². The first-order valence-electron chi connectivity index (χ1n) is 6.57. The summed E-state index contributed by atoms with van der Waals surface area (Å²) < 4.78 is 11.9. The van der Waals surface area contributed by atoms with Gasteiger partial charge in [-0.3, -0.25) is 4.79 Å². The molecule has 0 saturated heterocycles. The average Bonchev–Trinajstić information content (AvgIpc) is 2.50. The van der Waals surface area contributed by atoms with E-state index < -0.39 is 24.7 Å². The minimum atomic E-state index is -0.713. The van der Waals surface area contributed by atoms with Crippen molar-refractivity contribution in [3.63, 3.8) is 0 Å². The number of alkyl halides is 1. The number of carbonyl (C=O) groups excluding carboxylic acids is 2. The highest BCUT2D eigenvalue weighted by molar-refractivity contribution is 7.98. The minimum Gasteiger partial charge on any atom is -0.352 e. The fraction of sp³-hybridized carbons (Fsp3) is 0.429. The van der Waals surface area contributed by atoms with Gasteiger partial charge in [-0.05, 0) is 30.9 Å². The Balaban J connectivity index is 2.34. The summed E-state index contributed by atoms with van der Waals surface area (Å²) in [5.41, 5.74) is 0.970. The molecule has 0 fully saturated rings. The lowest BCUT2D eigenvalue weighted by atomic mass is 10.2. The van der Waals surface area contributed by atoms with Crippen LogP contribution in [0.4, 0.5) is 9.18 Å². The van der Waals surface area contributed by atoms with Crippen LogP contribution in [0.15, 0.2) is 29.2 Å². The normalized spacial score (nSPS) is 11.6. The maximum atomic E-state index is 11.9. The first-order valence-corrected chi connectivity index (χ1v) is 7.80. The summed E-state index contributed by atoms with van der Waals surface area (Å²) in [5.74, 6) is -0.410. The lowest BCUT2D eigenvalue weighted by Gasteiger charge is -2.14. The Labute approximate surface area is 128 Å². The van der Waals surface area contributed by atoms with Gasteiger partial charge in [-0.1, -0.05) is 12.1 Å². The number of hydrogen-bond donors (Lipinski definition) is 3. The number of urea groups is 1. The monoisotopic (exact) mass is 313 g/mol. The molecule has 21 heavy (non-hydrogen) atoms. The number of halogens is 1. The van der Waals surface area contributed by atoms with Crippen LogP contribution in [-0.2, 0) is 11.3 Å². The first-order chi connectivity index (χ1) is 10.1. The highest BCUT2D eigenvalue weighted by atomic mass is 32.2. The van der Waals surface area contributed by atoms with Gasteiger partial charge in [0.05, 0.1) is 0 Å².